The Balaban J connectivity index is 0.00000120. The minimum absolute atomic E-state index is 0. The topological polar surface area (TPSA) is 70.5 Å². The fourth-order valence-corrected chi connectivity index (χ4v) is 5.08. The van der Waals surface area contributed by atoms with E-state index in [0.717, 1.165) is 43.9 Å². The summed E-state index contributed by atoms with van der Waals surface area (Å²) >= 11 is 5.94. The van der Waals surface area contributed by atoms with Crippen LogP contribution in [0.5, 0.6) is 0 Å². The van der Waals surface area contributed by atoms with Crippen LogP contribution >= 0.6 is 36.4 Å². The number of morpholine rings is 1. The van der Waals surface area contributed by atoms with Crippen LogP contribution in [0.3, 0.4) is 0 Å². The molecule has 158 valence electrons. The highest BCUT2D eigenvalue weighted by atomic mass is 35.5. The maximum Gasteiger partial charge on any atom is 0.159 e. The van der Waals surface area contributed by atoms with Gasteiger partial charge in [0.25, 0.3) is 0 Å². The number of nitrogens with zero attached hydrogens (tertiary/aromatic N) is 3. The Morgan fingerprint density at radius 3 is 2.62 bits per heavy atom. The van der Waals surface area contributed by atoms with E-state index in [1.54, 1.807) is 0 Å². The maximum atomic E-state index is 9.83. The molecule has 0 aliphatic carbocycles. The summed E-state index contributed by atoms with van der Waals surface area (Å²) in [4.78, 5) is 11.4. The van der Waals surface area contributed by atoms with Crippen molar-refractivity contribution in [2.75, 3.05) is 32.8 Å². The lowest BCUT2D eigenvalue weighted by Crippen LogP contribution is -2.52. The van der Waals surface area contributed by atoms with Gasteiger partial charge in [0.2, 0.25) is 0 Å². The average Bonchev–Trinajstić information content (AvgIpc) is 3.10. The Morgan fingerprint density at radius 1 is 1.21 bits per heavy atom. The molecule has 2 aromatic rings. The highest BCUT2D eigenvalue weighted by Gasteiger charge is 2.60. The summed E-state index contributed by atoms with van der Waals surface area (Å²) in [5.74, 6) is 1.32. The van der Waals surface area contributed by atoms with Gasteiger partial charge in [0.15, 0.2) is 5.82 Å². The molecule has 1 aromatic carbocycles. The number of nitrogens with one attached hydrogen (secondary N) is 1. The van der Waals surface area contributed by atoms with Gasteiger partial charge in [0.1, 0.15) is 0 Å². The highest BCUT2D eigenvalue weighted by molar-refractivity contribution is 6.30. The van der Waals surface area contributed by atoms with Crippen molar-refractivity contribution in [3.05, 3.63) is 47.2 Å². The monoisotopic (exact) mass is 458 g/mol. The number of aliphatic hydroxyl groups is 1. The van der Waals surface area contributed by atoms with E-state index in [0.29, 0.717) is 16.8 Å². The second-order valence-electron chi connectivity index (χ2n) is 7.90. The molecule has 2 N–H and O–H groups in total. The molecule has 0 saturated carbocycles. The maximum absolute atomic E-state index is 9.83. The van der Waals surface area contributed by atoms with Crippen molar-refractivity contribution in [2.45, 2.75) is 18.2 Å². The first-order valence-corrected chi connectivity index (χ1v) is 9.83. The van der Waals surface area contributed by atoms with Gasteiger partial charge in [-0.1, -0.05) is 11.6 Å². The van der Waals surface area contributed by atoms with E-state index in [2.05, 4.69) is 20.2 Å². The molecule has 0 unspecified atom stereocenters. The van der Waals surface area contributed by atoms with Gasteiger partial charge in [-0.25, -0.2) is 9.97 Å². The van der Waals surface area contributed by atoms with Crippen LogP contribution in [0.25, 0.3) is 11.4 Å². The van der Waals surface area contributed by atoms with Crippen molar-refractivity contribution in [2.24, 2.45) is 11.8 Å². The SMILES string of the molecule is Cl.Cl.OC[C@H]1[C@H]2CN(Cc3cnc(-c4ccc(Cl)cc4)nc3)C[C@]23CNC[C@H]1O3. The molecule has 4 atom stereocenters. The molecule has 1 spiro atoms. The molecule has 2 bridgehead atoms. The van der Waals surface area contributed by atoms with E-state index in [9.17, 15) is 5.11 Å². The number of rotatable bonds is 4. The zero-order valence-electron chi connectivity index (χ0n) is 15.8. The Kier molecular flexibility index (Phi) is 7.06. The van der Waals surface area contributed by atoms with Gasteiger partial charge in [0, 0.05) is 79.7 Å². The molecule has 5 rings (SSSR count). The largest absolute Gasteiger partial charge is 0.396 e. The summed E-state index contributed by atoms with van der Waals surface area (Å²) in [6.07, 6.45) is 3.95. The highest BCUT2D eigenvalue weighted by Crippen LogP contribution is 2.47. The smallest absolute Gasteiger partial charge is 0.159 e. The molecular weight excluding hydrogens is 435 g/mol. The molecule has 6 nitrogen and oxygen atoms in total. The van der Waals surface area contributed by atoms with Crippen LogP contribution in [0.1, 0.15) is 5.56 Å². The van der Waals surface area contributed by atoms with Crippen LogP contribution in [0.2, 0.25) is 5.02 Å². The molecule has 0 radical (unpaired) electrons. The van der Waals surface area contributed by atoms with Crippen molar-refractivity contribution in [1.29, 1.82) is 0 Å². The molecule has 0 amide bonds. The van der Waals surface area contributed by atoms with Crippen LogP contribution in [0, 0.1) is 11.8 Å². The summed E-state index contributed by atoms with van der Waals surface area (Å²) in [6, 6.07) is 7.55. The summed E-state index contributed by atoms with van der Waals surface area (Å²) < 4.78 is 6.36. The lowest BCUT2D eigenvalue weighted by Gasteiger charge is -2.34. The zero-order valence-corrected chi connectivity index (χ0v) is 18.2. The third-order valence-electron chi connectivity index (χ3n) is 6.20. The Bertz CT molecular complexity index is 823. The molecule has 9 heteroatoms. The summed E-state index contributed by atoms with van der Waals surface area (Å²) in [6.45, 7) is 4.55. The predicted molar refractivity (Wildman–Crippen MR) is 117 cm³/mol. The van der Waals surface area contributed by atoms with Gasteiger partial charge in [0.05, 0.1) is 11.7 Å². The number of benzene rings is 1. The number of halogens is 3. The minimum Gasteiger partial charge on any atom is -0.396 e. The molecule has 1 aromatic heterocycles. The third kappa shape index (κ3) is 4.12. The lowest BCUT2D eigenvalue weighted by molar-refractivity contribution is -0.0746. The molecule has 3 aliphatic rings. The van der Waals surface area contributed by atoms with E-state index < -0.39 is 0 Å². The number of aromatic nitrogens is 2. The van der Waals surface area contributed by atoms with E-state index >= 15 is 0 Å². The third-order valence-corrected chi connectivity index (χ3v) is 6.45. The van der Waals surface area contributed by atoms with Gasteiger partial charge < -0.3 is 15.2 Å². The van der Waals surface area contributed by atoms with E-state index in [-0.39, 0.29) is 49.0 Å². The van der Waals surface area contributed by atoms with E-state index in [1.807, 2.05) is 36.7 Å². The molecule has 29 heavy (non-hydrogen) atoms. The molecule has 3 saturated heterocycles. The Hall–Kier alpha value is -0.990. The summed E-state index contributed by atoms with van der Waals surface area (Å²) in [5, 5.41) is 14.0. The first-order valence-electron chi connectivity index (χ1n) is 9.45. The number of likely N-dealkylation sites (tertiary alicyclic amines) is 1. The van der Waals surface area contributed by atoms with Gasteiger partial charge in [-0.2, -0.15) is 0 Å². The second kappa shape index (κ2) is 9.02. The first kappa shape index (κ1) is 22.7. The Labute approximate surface area is 187 Å². The fourth-order valence-electron chi connectivity index (χ4n) is 4.96. The van der Waals surface area contributed by atoms with Crippen molar-refractivity contribution in [1.82, 2.24) is 20.2 Å². The van der Waals surface area contributed by atoms with Gasteiger partial charge >= 0.3 is 0 Å². The van der Waals surface area contributed by atoms with Crippen LogP contribution in [-0.2, 0) is 11.3 Å². The van der Waals surface area contributed by atoms with Crippen molar-refractivity contribution in [3.8, 4) is 11.4 Å². The minimum atomic E-state index is -0.152. The van der Waals surface area contributed by atoms with Gasteiger partial charge in [-0.05, 0) is 24.3 Å². The fraction of sp³-hybridized carbons (Fsp3) is 0.500. The average molecular weight is 460 g/mol. The summed E-state index contributed by atoms with van der Waals surface area (Å²) in [7, 11) is 0. The van der Waals surface area contributed by atoms with Crippen LogP contribution < -0.4 is 5.32 Å². The number of hydrogen-bond acceptors (Lipinski definition) is 6. The van der Waals surface area contributed by atoms with Crippen LogP contribution in [-0.4, -0.2) is 64.5 Å². The number of ether oxygens (including phenoxy) is 1. The molecular formula is C20H25Cl3N4O2. The predicted octanol–water partition coefficient (Wildman–Crippen LogP) is 2.42. The Morgan fingerprint density at radius 2 is 1.93 bits per heavy atom. The van der Waals surface area contributed by atoms with Crippen molar-refractivity contribution in [3.63, 3.8) is 0 Å². The molecule has 4 heterocycles. The quantitative estimate of drug-likeness (QED) is 0.732. The number of hydrogen-bond donors (Lipinski definition) is 2. The molecule has 3 fully saturated rings. The zero-order chi connectivity index (χ0) is 18.4. The second-order valence-corrected chi connectivity index (χ2v) is 8.33. The van der Waals surface area contributed by atoms with Crippen molar-refractivity contribution >= 4 is 36.4 Å². The number of fused-ring (bicyclic) bond motifs is 1. The number of aliphatic hydroxyl groups excluding tert-OH is 1. The van der Waals surface area contributed by atoms with E-state index in [4.69, 9.17) is 16.3 Å². The summed E-state index contributed by atoms with van der Waals surface area (Å²) in [5.41, 5.74) is 1.89. The van der Waals surface area contributed by atoms with Crippen molar-refractivity contribution < 1.29 is 9.84 Å². The molecule has 3 aliphatic heterocycles. The van der Waals surface area contributed by atoms with Crippen LogP contribution in [0.4, 0.5) is 0 Å². The first-order chi connectivity index (χ1) is 13.2. The standard InChI is InChI=1S/C20H23ClN4O2.2ClH/c21-15-3-1-14(2-4-15)19-23-5-13(6-24-19)8-25-9-17-16(10-26)18-7-22-11-20(17,12-25)27-18;;/h1-6,16-18,22,26H,7-12H2;2*1H/t16-,17+,18+,20+;;/m0../s1. The normalized spacial score (nSPS) is 30.3. The van der Waals surface area contributed by atoms with E-state index in [1.165, 1.54) is 0 Å². The van der Waals surface area contributed by atoms with Gasteiger partial charge in [-0.3, -0.25) is 4.90 Å². The van der Waals surface area contributed by atoms with Gasteiger partial charge in [-0.15, -0.1) is 24.8 Å². The lowest BCUT2D eigenvalue weighted by atomic mass is 9.83. The van der Waals surface area contributed by atoms with Crippen LogP contribution in [0.15, 0.2) is 36.7 Å².